The number of carbonyl (C=O) groups is 1. The summed E-state index contributed by atoms with van der Waals surface area (Å²) in [6, 6.07) is 5.77. The van der Waals surface area contributed by atoms with Gasteiger partial charge >= 0.3 is 0 Å². The lowest BCUT2D eigenvalue weighted by Crippen LogP contribution is -2.36. The Balaban J connectivity index is 1.72. The predicted molar refractivity (Wildman–Crippen MR) is 86.4 cm³/mol. The van der Waals surface area contributed by atoms with E-state index >= 15 is 0 Å². The third-order valence-corrected chi connectivity index (χ3v) is 5.98. The number of thiophene rings is 1. The lowest BCUT2D eigenvalue weighted by Gasteiger charge is -2.24. The molecule has 3 heterocycles. The Bertz CT molecular complexity index is 754. The van der Waals surface area contributed by atoms with Gasteiger partial charge < -0.3 is 9.64 Å². The van der Waals surface area contributed by atoms with Crippen molar-refractivity contribution in [1.29, 1.82) is 0 Å². The third-order valence-electron chi connectivity index (χ3n) is 4.40. The summed E-state index contributed by atoms with van der Waals surface area (Å²) in [4.78, 5) is 21.0. The van der Waals surface area contributed by atoms with E-state index in [1.165, 1.54) is 4.88 Å². The summed E-state index contributed by atoms with van der Waals surface area (Å²) in [6.45, 7) is 1.24. The van der Waals surface area contributed by atoms with Gasteiger partial charge in [0.25, 0.3) is 5.91 Å². The van der Waals surface area contributed by atoms with Gasteiger partial charge in [-0.3, -0.25) is 4.79 Å². The monoisotopic (exact) mass is 334 g/mol. The number of nitrogens with zero attached hydrogens (tertiary/aromatic N) is 2. The molecule has 1 fully saturated rings. The van der Waals surface area contributed by atoms with Gasteiger partial charge in [0.05, 0.1) is 17.7 Å². The summed E-state index contributed by atoms with van der Waals surface area (Å²) >= 11 is 7.68. The van der Waals surface area contributed by atoms with Crippen LogP contribution in [0.2, 0.25) is 5.15 Å². The molecule has 6 heteroatoms. The number of fused-ring (bicyclic) bond motifs is 2. The first kappa shape index (κ1) is 14.2. The number of rotatable bonds is 4. The molecule has 2 aromatic rings. The van der Waals surface area contributed by atoms with Crippen molar-refractivity contribution in [2.45, 2.75) is 18.4 Å². The van der Waals surface area contributed by atoms with Crippen LogP contribution in [0.15, 0.2) is 24.4 Å². The number of amides is 1. The first-order valence-corrected chi connectivity index (χ1v) is 8.42. The van der Waals surface area contributed by atoms with Crippen LogP contribution in [0.4, 0.5) is 0 Å². The van der Waals surface area contributed by atoms with Gasteiger partial charge in [0, 0.05) is 29.6 Å². The molecule has 0 atom stereocenters. The zero-order valence-corrected chi connectivity index (χ0v) is 13.7. The average molecular weight is 335 g/mol. The second-order valence-corrected chi connectivity index (χ2v) is 7.14. The van der Waals surface area contributed by atoms with Crippen molar-refractivity contribution in [1.82, 2.24) is 9.88 Å². The fraction of sp³-hybridized carbons (Fsp3) is 0.375. The molecule has 0 aromatic carbocycles. The van der Waals surface area contributed by atoms with Gasteiger partial charge in [-0.05, 0) is 36.6 Å². The van der Waals surface area contributed by atoms with Gasteiger partial charge in [0.15, 0.2) is 0 Å². The maximum Gasteiger partial charge on any atom is 0.255 e. The molecule has 0 N–H and O–H groups in total. The zero-order valence-electron chi connectivity index (χ0n) is 12.1. The first-order chi connectivity index (χ1) is 10.7. The van der Waals surface area contributed by atoms with Crippen LogP contribution in [0, 0.1) is 0 Å². The van der Waals surface area contributed by atoms with Crippen molar-refractivity contribution in [2.75, 3.05) is 20.3 Å². The summed E-state index contributed by atoms with van der Waals surface area (Å²) in [5, 5.41) is 0.472. The third kappa shape index (κ3) is 2.00. The number of ether oxygens (including phenoxy) is 1. The van der Waals surface area contributed by atoms with Gasteiger partial charge in [-0.1, -0.05) is 11.6 Å². The highest BCUT2D eigenvalue weighted by Crippen LogP contribution is 2.59. The van der Waals surface area contributed by atoms with Gasteiger partial charge in [-0.2, -0.15) is 0 Å². The van der Waals surface area contributed by atoms with E-state index < -0.39 is 0 Å². The molecule has 0 unspecified atom stereocenters. The molecule has 22 heavy (non-hydrogen) atoms. The molecule has 0 radical (unpaired) electrons. The van der Waals surface area contributed by atoms with Gasteiger partial charge in [-0.25, -0.2) is 4.98 Å². The molecule has 1 spiro atoms. The maximum absolute atomic E-state index is 12.7. The van der Waals surface area contributed by atoms with Crippen LogP contribution in [0.5, 0.6) is 0 Å². The number of halogens is 1. The molecule has 4 rings (SSSR count). The lowest BCUT2D eigenvalue weighted by atomic mass is 10.1. The molecule has 1 aliphatic carbocycles. The Morgan fingerprint density at radius 2 is 2.27 bits per heavy atom. The van der Waals surface area contributed by atoms with E-state index in [4.69, 9.17) is 16.3 Å². The summed E-state index contributed by atoms with van der Waals surface area (Å²) < 4.78 is 5.14. The zero-order chi connectivity index (χ0) is 15.3. The van der Waals surface area contributed by atoms with Crippen molar-refractivity contribution >= 4 is 28.8 Å². The molecule has 2 aromatic heterocycles. The van der Waals surface area contributed by atoms with Crippen LogP contribution in [-0.4, -0.2) is 36.1 Å². The average Bonchev–Trinajstić information content (AvgIpc) is 3.12. The summed E-state index contributed by atoms with van der Waals surface area (Å²) in [6.07, 6.45) is 3.79. The Morgan fingerprint density at radius 1 is 1.45 bits per heavy atom. The van der Waals surface area contributed by atoms with Crippen LogP contribution in [0.3, 0.4) is 0 Å². The molecule has 0 bridgehead atoms. The van der Waals surface area contributed by atoms with Crippen molar-refractivity contribution < 1.29 is 9.53 Å². The van der Waals surface area contributed by atoms with E-state index in [2.05, 4.69) is 4.98 Å². The van der Waals surface area contributed by atoms with Crippen molar-refractivity contribution in [2.24, 2.45) is 0 Å². The number of pyridine rings is 1. The second kappa shape index (κ2) is 5.05. The molecule has 114 valence electrons. The minimum absolute atomic E-state index is 0.0648. The van der Waals surface area contributed by atoms with Gasteiger partial charge in [0.2, 0.25) is 0 Å². The molecule has 1 aliphatic heterocycles. The largest absolute Gasteiger partial charge is 0.383 e. The molecular formula is C16H15ClN2O2S. The highest BCUT2D eigenvalue weighted by Gasteiger charge is 2.58. The molecule has 1 saturated carbocycles. The Hall–Kier alpha value is -1.43. The molecule has 1 amide bonds. The van der Waals surface area contributed by atoms with E-state index in [0.29, 0.717) is 18.3 Å². The lowest BCUT2D eigenvalue weighted by molar-refractivity contribution is 0.0623. The topological polar surface area (TPSA) is 42.4 Å². The molecule has 2 aliphatic rings. The highest BCUT2D eigenvalue weighted by atomic mass is 35.5. The summed E-state index contributed by atoms with van der Waals surface area (Å²) in [7, 11) is 1.67. The Morgan fingerprint density at radius 3 is 2.95 bits per heavy atom. The fourth-order valence-electron chi connectivity index (χ4n) is 3.17. The van der Waals surface area contributed by atoms with Crippen molar-refractivity contribution in [3.8, 4) is 10.4 Å². The maximum atomic E-state index is 12.7. The fourth-order valence-corrected chi connectivity index (χ4v) is 4.75. The predicted octanol–water partition coefficient (Wildman–Crippen LogP) is 3.55. The number of hydrogen-bond acceptors (Lipinski definition) is 4. The van der Waals surface area contributed by atoms with Crippen LogP contribution < -0.4 is 0 Å². The quantitative estimate of drug-likeness (QED) is 0.803. The van der Waals surface area contributed by atoms with Crippen molar-refractivity contribution in [3.63, 3.8) is 0 Å². The van der Waals surface area contributed by atoms with Crippen LogP contribution >= 0.6 is 22.9 Å². The Labute approximate surface area is 137 Å². The second-order valence-electron chi connectivity index (χ2n) is 5.70. The summed E-state index contributed by atoms with van der Waals surface area (Å²) in [5.41, 5.74) is 1.80. The minimum Gasteiger partial charge on any atom is -0.383 e. The van der Waals surface area contributed by atoms with E-state index in [-0.39, 0.29) is 11.4 Å². The summed E-state index contributed by atoms with van der Waals surface area (Å²) in [5.74, 6) is 0.132. The molecule has 4 nitrogen and oxygen atoms in total. The SMILES string of the molecule is COCCN1C(=O)c2cc(-c3ccnc(Cl)c3)sc2C12CC2. The van der Waals surface area contributed by atoms with E-state index in [9.17, 15) is 4.79 Å². The van der Waals surface area contributed by atoms with E-state index in [1.54, 1.807) is 24.6 Å². The highest BCUT2D eigenvalue weighted by molar-refractivity contribution is 7.16. The minimum atomic E-state index is -0.0648. The first-order valence-electron chi connectivity index (χ1n) is 7.23. The molecular weight excluding hydrogens is 320 g/mol. The number of carbonyl (C=O) groups excluding carboxylic acids is 1. The van der Waals surface area contributed by atoms with Gasteiger partial charge in [-0.15, -0.1) is 11.3 Å². The number of hydrogen-bond donors (Lipinski definition) is 0. The smallest absolute Gasteiger partial charge is 0.255 e. The van der Waals surface area contributed by atoms with E-state index in [0.717, 1.165) is 28.8 Å². The Kier molecular flexibility index (Phi) is 3.25. The standard InChI is InChI=1S/C16H15ClN2O2S/c1-21-7-6-19-15(20)11-9-12(10-2-5-18-13(17)8-10)22-14(11)16(19)3-4-16/h2,5,8-9H,3-4,6-7H2,1H3. The number of methoxy groups -OCH3 is 1. The van der Waals surface area contributed by atoms with Crippen molar-refractivity contribution in [3.05, 3.63) is 40.0 Å². The van der Waals surface area contributed by atoms with Gasteiger partial charge in [0.1, 0.15) is 5.15 Å². The molecule has 0 saturated heterocycles. The van der Waals surface area contributed by atoms with Crippen LogP contribution in [0.25, 0.3) is 10.4 Å². The normalized spacial score (nSPS) is 18.1. The van der Waals surface area contributed by atoms with Crippen LogP contribution in [0.1, 0.15) is 28.1 Å². The van der Waals surface area contributed by atoms with E-state index in [1.807, 2.05) is 23.1 Å². The van der Waals surface area contributed by atoms with Crippen LogP contribution in [-0.2, 0) is 10.3 Å². The number of aromatic nitrogens is 1.